The summed E-state index contributed by atoms with van der Waals surface area (Å²) in [6, 6.07) is 12.1. The molecule has 148 valence electrons. The second-order valence-electron chi connectivity index (χ2n) is 8.39. The van der Waals surface area contributed by atoms with Gasteiger partial charge in [-0.25, -0.2) is 0 Å². The summed E-state index contributed by atoms with van der Waals surface area (Å²) in [4.78, 5) is 24.1. The van der Waals surface area contributed by atoms with Gasteiger partial charge in [-0.05, 0) is 70.5 Å². The summed E-state index contributed by atoms with van der Waals surface area (Å²) < 4.78 is 2.05. The van der Waals surface area contributed by atoms with Crippen molar-refractivity contribution in [2.75, 3.05) is 0 Å². The Morgan fingerprint density at radius 1 is 0.821 bits per heavy atom. The molecule has 0 heterocycles. The molecule has 4 rings (SSSR count). The highest BCUT2D eigenvalue weighted by Crippen LogP contribution is 2.35. The Morgan fingerprint density at radius 2 is 1.29 bits per heavy atom. The minimum atomic E-state index is 0.184. The first kappa shape index (κ1) is 21.7. The number of carbonyl (C=O) groups is 2. The lowest BCUT2D eigenvalue weighted by Gasteiger charge is -2.11. The van der Waals surface area contributed by atoms with Gasteiger partial charge in [-0.1, -0.05) is 67.9 Å². The molecule has 0 spiro atoms. The molecule has 0 N–H and O–H groups in total. The molecular weight excluding hydrogens is 527 g/mol. The van der Waals surface area contributed by atoms with Crippen molar-refractivity contribution in [3.8, 4) is 0 Å². The van der Waals surface area contributed by atoms with Crippen molar-refractivity contribution in [3.05, 3.63) is 66.7 Å². The third kappa shape index (κ3) is 4.13. The highest BCUT2D eigenvalue weighted by Gasteiger charge is 2.34. The topological polar surface area (TPSA) is 34.1 Å². The molecule has 4 heteroatoms. The van der Waals surface area contributed by atoms with Crippen molar-refractivity contribution in [3.63, 3.8) is 0 Å². The van der Waals surface area contributed by atoms with Crippen molar-refractivity contribution in [1.82, 2.24) is 0 Å². The van der Waals surface area contributed by atoms with E-state index in [-0.39, 0.29) is 11.8 Å². The number of carbonyl (C=O) groups excluding carboxylic acids is 2. The molecule has 0 saturated heterocycles. The van der Waals surface area contributed by atoms with E-state index < -0.39 is 0 Å². The van der Waals surface area contributed by atoms with Gasteiger partial charge in [-0.3, -0.25) is 9.59 Å². The molecule has 2 aliphatic rings. The smallest absolute Gasteiger partial charge is 0.167 e. The molecule has 2 unspecified atom stereocenters. The van der Waals surface area contributed by atoms with E-state index in [2.05, 4.69) is 78.3 Å². The molecule has 2 aromatic rings. The Hall–Kier alpha value is -1.01. The Labute approximate surface area is 189 Å². The lowest BCUT2D eigenvalue weighted by Crippen LogP contribution is -2.15. The van der Waals surface area contributed by atoms with Gasteiger partial charge in [0.2, 0.25) is 0 Å². The van der Waals surface area contributed by atoms with Crippen molar-refractivity contribution in [1.29, 1.82) is 0 Å². The maximum atomic E-state index is 12.1. The largest absolute Gasteiger partial charge is 0.294 e. The van der Waals surface area contributed by atoms with E-state index in [0.717, 1.165) is 32.0 Å². The van der Waals surface area contributed by atoms with Crippen LogP contribution in [0.5, 0.6) is 0 Å². The van der Waals surface area contributed by atoms with Gasteiger partial charge in [0.15, 0.2) is 11.6 Å². The van der Waals surface area contributed by atoms with Crippen molar-refractivity contribution >= 4 is 50.1 Å². The van der Waals surface area contributed by atoms with Crippen LogP contribution in [0.25, 0.3) is 0 Å². The van der Waals surface area contributed by atoms with Crippen LogP contribution in [-0.4, -0.2) is 11.6 Å². The molecule has 0 aromatic heterocycles. The van der Waals surface area contributed by atoms with Crippen LogP contribution in [0.1, 0.15) is 59.5 Å². The number of hydrogen-bond donors (Lipinski definition) is 0. The summed E-state index contributed by atoms with van der Waals surface area (Å²) in [5.74, 6) is 1.93. The van der Waals surface area contributed by atoms with E-state index in [9.17, 15) is 9.59 Å². The molecule has 2 aliphatic carbocycles. The second-order valence-corrected chi connectivity index (χ2v) is 10.4. The fourth-order valence-electron chi connectivity index (χ4n) is 4.14. The fraction of sp³-hybridized carbons (Fsp3) is 0.417. The van der Waals surface area contributed by atoms with Crippen LogP contribution in [0.4, 0.5) is 0 Å². The third-order valence-corrected chi connectivity index (χ3v) is 7.42. The number of ketones is 2. The third-order valence-electron chi connectivity index (χ3n) is 5.86. The van der Waals surface area contributed by atoms with Crippen LogP contribution in [0.2, 0.25) is 0 Å². The molecule has 28 heavy (non-hydrogen) atoms. The summed E-state index contributed by atoms with van der Waals surface area (Å²) in [5, 5.41) is 0. The number of benzene rings is 2. The Kier molecular flexibility index (Phi) is 6.80. The number of rotatable bonds is 2. The molecule has 2 nitrogen and oxygen atoms in total. The van der Waals surface area contributed by atoms with Crippen LogP contribution in [0.3, 0.4) is 0 Å². The van der Waals surface area contributed by atoms with Gasteiger partial charge in [-0.15, -0.1) is 0 Å². The first-order valence-electron chi connectivity index (χ1n) is 9.85. The van der Waals surface area contributed by atoms with Gasteiger partial charge in [0.05, 0.1) is 0 Å². The highest BCUT2D eigenvalue weighted by atomic mass is 127. The molecular formula is C24H26BrIO2. The maximum absolute atomic E-state index is 12.1. The Bertz CT molecular complexity index is 841. The lowest BCUT2D eigenvalue weighted by molar-refractivity contribution is 0.0897. The van der Waals surface area contributed by atoms with Crippen LogP contribution < -0.4 is 0 Å². The van der Waals surface area contributed by atoms with Gasteiger partial charge in [0.25, 0.3) is 0 Å². The second kappa shape index (κ2) is 8.78. The van der Waals surface area contributed by atoms with Gasteiger partial charge in [0.1, 0.15) is 0 Å². The predicted molar refractivity (Wildman–Crippen MR) is 126 cm³/mol. The Morgan fingerprint density at radius 3 is 1.75 bits per heavy atom. The molecule has 0 bridgehead atoms. The average Bonchev–Trinajstić information content (AvgIpc) is 3.15. The molecule has 0 aliphatic heterocycles. The zero-order valence-corrected chi connectivity index (χ0v) is 20.5. The van der Waals surface area contributed by atoms with E-state index in [4.69, 9.17) is 0 Å². The summed E-state index contributed by atoms with van der Waals surface area (Å²) in [6.45, 7) is 8.48. The monoisotopic (exact) mass is 552 g/mol. The van der Waals surface area contributed by atoms with E-state index >= 15 is 0 Å². The van der Waals surface area contributed by atoms with Gasteiger partial charge < -0.3 is 0 Å². The lowest BCUT2D eigenvalue weighted by atomic mass is 9.92. The van der Waals surface area contributed by atoms with Crippen LogP contribution >= 0.6 is 38.5 Å². The molecule has 0 fully saturated rings. The summed E-state index contributed by atoms with van der Waals surface area (Å²) in [5.41, 5.74) is 4.32. The zero-order valence-electron chi connectivity index (χ0n) is 16.8. The number of Topliss-reactive ketones (excluding diaryl/α,β-unsaturated/α-hetero) is 2. The highest BCUT2D eigenvalue weighted by molar-refractivity contribution is 14.1. The van der Waals surface area contributed by atoms with Crippen molar-refractivity contribution < 1.29 is 9.59 Å². The van der Waals surface area contributed by atoms with Gasteiger partial charge in [0, 0.05) is 31.0 Å². The first-order chi connectivity index (χ1) is 13.2. The Balaban J connectivity index is 0.000000161. The van der Waals surface area contributed by atoms with Crippen LogP contribution in [0, 0.1) is 27.2 Å². The SMILES string of the molecule is CC(C)C1Cc2cccc(Br)c2C1=O.CC(C)C1Cc2cccc(I)c2C1=O. The summed E-state index contributed by atoms with van der Waals surface area (Å²) in [6.07, 6.45) is 1.84. The van der Waals surface area contributed by atoms with Gasteiger partial charge >= 0.3 is 0 Å². The predicted octanol–water partition coefficient (Wildman–Crippen LogP) is 6.76. The molecule has 2 atom stereocenters. The molecule has 0 saturated carbocycles. The maximum Gasteiger partial charge on any atom is 0.167 e. The number of fused-ring (bicyclic) bond motifs is 2. The molecule has 2 aromatic carbocycles. The standard InChI is InChI=1S/C12H13BrO.C12H13IO/c2*1-7(2)9-6-8-4-3-5-10(13)11(8)12(9)14/h2*3-5,7,9H,6H2,1-2H3. The van der Waals surface area contributed by atoms with Crippen LogP contribution in [-0.2, 0) is 12.8 Å². The van der Waals surface area contributed by atoms with Crippen molar-refractivity contribution in [2.24, 2.45) is 23.7 Å². The van der Waals surface area contributed by atoms with Crippen molar-refractivity contribution in [2.45, 2.75) is 40.5 Å². The summed E-state index contributed by atoms with van der Waals surface area (Å²) >= 11 is 5.70. The summed E-state index contributed by atoms with van der Waals surface area (Å²) in [7, 11) is 0. The number of halogens is 2. The molecule has 0 radical (unpaired) electrons. The number of hydrogen-bond acceptors (Lipinski definition) is 2. The van der Waals surface area contributed by atoms with E-state index in [1.165, 1.54) is 11.1 Å². The minimum Gasteiger partial charge on any atom is -0.294 e. The van der Waals surface area contributed by atoms with E-state index in [1.807, 2.05) is 24.3 Å². The zero-order chi connectivity index (χ0) is 20.6. The normalized spacial score (nSPS) is 20.3. The van der Waals surface area contributed by atoms with E-state index in [0.29, 0.717) is 23.4 Å². The minimum absolute atomic E-state index is 0.184. The van der Waals surface area contributed by atoms with E-state index in [1.54, 1.807) is 0 Å². The first-order valence-corrected chi connectivity index (χ1v) is 11.7. The molecule has 0 amide bonds. The fourth-order valence-corrected chi connectivity index (χ4v) is 5.56. The van der Waals surface area contributed by atoms with Gasteiger partial charge in [-0.2, -0.15) is 0 Å². The van der Waals surface area contributed by atoms with Crippen LogP contribution in [0.15, 0.2) is 40.9 Å². The average molecular weight is 553 g/mol. The quantitative estimate of drug-likeness (QED) is 0.386.